The molecular weight excluding hydrogens is 184 g/mol. The van der Waals surface area contributed by atoms with E-state index in [4.69, 9.17) is 0 Å². The van der Waals surface area contributed by atoms with Crippen LogP contribution in [-0.2, 0) is 0 Å². The van der Waals surface area contributed by atoms with Crippen LogP contribution in [0.1, 0.15) is 38.5 Å². The molecule has 0 unspecified atom stereocenters. The molecule has 2 heteroatoms. The molecule has 2 nitrogen and oxygen atoms in total. The maximum atomic E-state index is 2.65. The Labute approximate surface area is 94.6 Å². The Bertz CT molecular complexity index is 167. The second-order valence-electron chi connectivity index (χ2n) is 5.44. The van der Waals surface area contributed by atoms with Crippen LogP contribution in [0.3, 0.4) is 0 Å². The highest BCUT2D eigenvalue weighted by Gasteiger charge is 2.16. The molecule has 0 radical (unpaired) electrons. The van der Waals surface area contributed by atoms with Crippen LogP contribution in [-0.4, -0.2) is 49.6 Å². The SMILES string of the molecule is CN1CCN(CCCC2CCCC2)CC1. The molecule has 0 atom stereocenters. The van der Waals surface area contributed by atoms with Gasteiger partial charge >= 0.3 is 0 Å². The van der Waals surface area contributed by atoms with Crippen LogP contribution in [0.5, 0.6) is 0 Å². The van der Waals surface area contributed by atoms with Crippen molar-refractivity contribution in [1.29, 1.82) is 0 Å². The van der Waals surface area contributed by atoms with E-state index in [1.54, 1.807) is 0 Å². The van der Waals surface area contributed by atoms with Crippen LogP contribution >= 0.6 is 0 Å². The lowest BCUT2D eigenvalue weighted by Crippen LogP contribution is -2.44. The first kappa shape index (κ1) is 11.4. The summed E-state index contributed by atoms with van der Waals surface area (Å²) in [5, 5.41) is 0. The largest absolute Gasteiger partial charge is 0.304 e. The molecule has 88 valence electrons. The minimum Gasteiger partial charge on any atom is -0.304 e. The molecule has 1 aliphatic heterocycles. The average Bonchev–Trinajstić information content (AvgIpc) is 2.74. The molecule has 0 aromatic carbocycles. The number of piperazine rings is 1. The smallest absolute Gasteiger partial charge is 0.0110 e. The molecule has 2 fully saturated rings. The van der Waals surface area contributed by atoms with Crippen molar-refractivity contribution in [3.05, 3.63) is 0 Å². The van der Waals surface area contributed by atoms with E-state index in [-0.39, 0.29) is 0 Å². The molecule has 15 heavy (non-hydrogen) atoms. The quantitative estimate of drug-likeness (QED) is 0.702. The van der Waals surface area contributed by atoms with Gasteiger partial charge in [-0.15, -0.1) is 0 Å². The lowest BCUT2D eigenvalue weighted by molar-refractivity contribution is 0.150. The Morgan fingerprint density at radius 3 is 2.33 bits per heavy atom. The summed E-state index contributed by atoms with van der Waals surface area (Å²) in [4.78, 5) is 5.09. The van der Waals surface area contributed by atoms with Crippen LogP contribution in [0.15, 0.2) is 0 Å². The van der Waals surface area contributed by atoms with E-state index in [9.17, 15) is 0 Å². The number of likely N-dealkylation sites (N-methyl/N-ethyl adjacent to an activating group) is 1. The summed E-state index contributed by atoms with van der Waals surface area (Å²) in [5.41, 5.74) is 0. The first-order chi connectivity index (χ1) is 7.34. The predicted molar refractivity (Wildman–Crippen MR) is 65.1 cm³/mol. The highest BCUT2D eigenvalue weighted by molar-refractivity contribution is 4.71. The monoisotopic (exact) mass is 210 g/mol. The minimum absolute atomic E-state index is 1.08. The van der Waals surface area contributed by atoms with Crippen molar-refractivity contribution in [2.75, 3.05) is 39.8 Å². The van der Waals surface area contributed by atoms with Gasteiger partial charge in [-0.25, -0.2) is 0 Å². The highest BCUT2D eigenvalue weighted by atomic mass is 15.2. The zero-order valence-electron chi connectivity index (χ0n) is 10.2. The summed E-state index contributed by atoms with van der Waals surface area (Å²) in [6.07, 6.45) is 8.96. The number of rotatable bonds is 4. The lowest BCUT2D eigenvalue weighted by atomic mass is 10.0. The van der Waals surface area contributed by atoms with Gasteiger partial charge in [-0.2, -0.15) is 0 Å². The van der Waals surface area contributed by atoms with Gasteiger partial charge in [0.2, 0.25) is 0 Å². The fourth-order valence-corrected chi connectivity index (χ4v) is 2.97. The fraction of sp³-hybridized carbons (Fsp3) is 1.00. The third kappa shape index (κ3) is 3.76. The van der Waals surface area contributed by atoms with Crippen LogP contribution < -0.4 is 0 Å². The van der Waals surface area contributed by atoms with E-state index >= 15 is 0 Å². The molecule has 0 bridgehead atoms. The Hall–Kier alpha value is -0.0800. The van der Waals surface area contributed by atoms with E-state index in [0.717, 1.165) is 5.92 Å². The van der Waals surface area contributed by atoms with Crippen molar-refractivity contribution in [3.63, 3.8) is 0 Å². The van der Waals surface area contributed by atoms with Gasteiger partial charge in [-0.1, -0.05) is 25.7 Å². The molecule has 2 aliphatic rings. The molecule has 1 saturated heterocycles. The zero-order chi connectivity index (χ0) is 10.5. The minimum atomic E-state index is 1.08. The normalized spacial score (nSPS) is 26.2. The van der Waals surface area contributed by atoms with Crippen LogP contribution in [0.2, 0.25) is 0 Å². The Kier molecular flexibility index (Phi) is 4.45. The summed E-state index contributed by atoms with van der Waals surface area (Å²) in [6, 6.07) is 0. The maximum Gasteiger partial charge on any atom is 0.0110 e. The average molecular weight is 210 g/mol. The molecule has 2 rings (SSSR count). The Balaban J connectivity index is 1.53. The predicted octanol–water partition coefficient (Wildman–Crippen LogP) is 2.20. The second kappa shape index (κ2) is 5.86. The van der Waals surface area contributed by atoms with E-state index in [1.165, 1.54) is 71.2 Å². The summed E-state index contributed by atoms with van der Waals surface area (Å²) in [6.45, 7) is 6.47. The molecule has 0 aromatic rings. The third-order valence-corrected chi connectivity index (χ3v) is 4.16. The van der Waals surface area contributed by atoms with Gasteiger partial charge in [-0.3, -0.25) is 0 Å². The van der Waals surface area contributed by atoms with Crippen LogP contribution in [0.4, 0.5) is 0 Å². The fourth-order valence-electron chi connectivity index (χ4n) is 2.97. The molecular formula is C13H26N2. The van der Waals surface area contributed by atoms with Gasteiger partial charge in [0.05, 0.1) is 0 Å². The third-order valence-electron chi connectivity index (χ3n) is 4.16. The molecule has 0 aromatic heterocycles. The maximum absolute atomic E-state index is 2.65. The Morgan fingerprint density at radius 1 is 1.00 bits per heavy atom. The topological polar surface area (TPSA) is 6.48 Å². The van der Waals surface area contributed by atoms with Crippen LogP contribution in [0.25, 0.3) is 0 Å². The zero-order valence-corrected chi connectivity index (χ0v) is 10.2. The first-order valence-electron chi connectivity index (χ1n) is 6.75. The van der Waals surface area contributed by atoms with Crippen LogP contribution in [0, 0.1) is 5.92 Å². The molecule has 1 heterocycles. The number of nitrogens with zero attached hydrogens (tertiary/aromatic N) is 2. The summed E-state index contributed by atoms with van der Waals surface area (Å²) in [5.74, 6) is 1.08. The standard InChI is InChI=1S/C13H26N2/c1-14-9-11-15(12-10-14)8-4-7-13-5-2-3-6-13/h13H,2-12H2,1H3. The van der Waals surface area contributed by atoms with E-state index in [1.807, 2.05) is 0 Å². The number of hydrogen-bond donors (Lipinski definition) is 0. The molecule has 0 N–H and O–H groups in total. The van der Waals surface area contributed by atoms with Crippen molar-refractivity contribution in [3.8, 4) is 0 Å². The van der Waals surface area contributed by atoms with Crippen molar-refractivity contribution in [2.45, 2.75) is 38.5 Å². The van der Waals surface area contributed by atoms with E-state index in [0.29, 0.717) is 0 Å². The van der Waals surface area contributed by atoms with Gasteiger partial charge in [-0.05, 0) is 32.4 Å². The summed E-state index contributed by atoms with van der Waals surface area (Å²) in [7, 11) is 2.23. The van der Waals surface area contributed by atoms with Gasteiger partial charge in [0, 0.05) is 26.2 Å². The van der Waals surface area contributed by atoms with E-state index < -0.39 is 0 Å². The summed E-state index contributed by atoms with van der Waals surface area (Å²) < 4.78 is 0. The van der Waals surface area contributed by atoms with Crippen molar-refractivity contribution < 1.29 is 0 Å². The molecule has 1 aliphatic carbocycles. The van der Waals surface area contributed by atoms with Gasteiger partial charge in [0.25, 0.3) is 0 Å². The van der Waals surface area contributed by atoms with E-state index in [2.05, 4.69) is 16.8 Å². The summed E-state index contributed by atoms with van der Waals surface area (Å²) >= 11 is 0. The first-order valence-corrected chi connectivity index (χ1v) is 6.75. The lowest BCUT2D eigenvalue weighted by Gasteiger charge is -2.32. The van der Waals surface area contributed by atoms with Crippen molar-refractivity contribution >= 4 is 0 Å². The van der Waals surface area contributed by atoms with Crippen molar-refractivity contribution in [1.82, 2.24) is 9.80 Å². The molecule has 0 amide bonds. The Morgan fingerprint density at radius 2 is 1.67 bits per heavy atom. The molecule has 0 spiro atoms. The number of hydrogen-bond acceptors (Lipinski definition) is 2. The van der Waals surface area contributed by atoms with Gasteiger partial charge < -0.3 is 9.80 Å². The van der Waals surface area contributed by atoms with Crippen molar-refractivity contribution in [2.24, 2.45) is 5.92 Å². The van der Waals surface area contributed by atoms with Gasteiger partial charge in [0.1, 0.15) is 0 Å². The second-order valence-corrected chi connectivity index (χ2v) is 5.44. The highest BCUT2D eigenvalue weighted by Crippen LogP contribution is 2.28. The molecule has 1 saturated carbocycles. The van der Waals surface area contributed by atoms with Gasteiger partial charge in [0.15, 0.2) is 0 Å².